The Bertz CT molecular complexity index is 549. The van der Waals surface area contributed by atoms with Crippen molar-refractivity contribution in [3.8, 4) is 0 Å². The predicted molar refractivity (Wildman–Crippen MR) is 76.3 cm³/mol. The molecule has 0 saturated carbocycles. The summed E-state index contributed by atoms with van der Waals surface area (Å²) in [6.07, 6.45) is 0.523. The van der Waals surface area contributed by atoms with Crippen LogP contribution in [0.4, 0.5) is 0 Å². The van der Waals surface area contributed by atoms with Crippen molar-refractivity contribution in [2.24, 2.45) is 5.41 Å². The SMILES string of the molecule is CC1(CNCC(O)c2ccc(S(C)(=O)=O)cc2)COC1. The molecule has 1 heterocycles. The van der Waals surface area contributed by atoms with Crippen LogP contribution in [0.2, 0.25) is 0 Å². The summed E-state index contributed by atoms with van der Waals surface area (Å²) in [7, 11) is -3.19. The van der Waals surface area contributed by atoms with Gasteiger partial charge in [-0.1, -0.05) is 19.1 Å². The number of sulfone groups is 1. The molecule has 6 heteroatoms. The molecule has 1 unspecified atom stereocenters. The van der Waals surface area contributed by atoms with Gasteiger partial charge in [0.25, 0.3) is 0 Å². The van der Waals surface area contributed by atoms with Gasteiger partial charge in [0.2, 0.25) is 0 Å². The minimum absolute atomic E-state index is 0.167. The van der Waals surface area contributed by atoms with Crippen LogP contribution in [0, 0.1) is 5.41 Å². The number of ether oxygens (including phenoxy) is 1. The minimum atomic E-state index is -3.19. The third-order valence-corrected chi connectivity index (χ3v) is 4.61. The number of aliphatic hydroxyl groups excluding tert-OH is 1. The molecule has 0 bridgehead atoms. The monoisotopic (exact) mass is 299 g/mol. The van der Waals surface area contributed by atoms with E-state index >= 15 is 0 Å². The van der Waals surface area contributed by atoms with Gasteiger partial charge in [-0.05, 0) is 17.7 Å². The number of nitrogens with one attached hydrogen (secondary N) is 1. The molecule has 2 rings (SSSR count). The quantitative estimate of drug-likeness (QED) is 0.811. The van der Waals surface area contributed by atoms with Gasteiger partial charge in [-0.2, -0.15) is 0 Å². The van der Waals surface area contributed by atoms with Crippen LogP contribution in [0.15, 0.2) is 29.2 Å². The molecule has 1 saturated heterocycles. The third-order valence-electron chi connectivity index (χ3n) is 3.48. The lowest BCUT2D eigenvalue weighted by molar-refractivity contribution is -0.0996. The predicted octanol–water partition coefficient (Wildman–Crippen LogP) is 0.750. The maximum atomic E-state index is 11.3. The zero-order valence-corrected chi connectivity index (χ0v) is 12.6. The molecular formula is C14H21NO4S. The van der Waals surface area contributed by atoms with Crippen LogP contribution < -0.4 is 5.32 Å². The summed E-state index contributed by atoms with van der Waals surface area (Å²) < 4.78 is 27.9. The highest BCUT2D eigenvalue weighted by Gasteiger charge is 2.32. The Hall–Kier alpha value is -0.950. The second-order valence-electron chi connectivity index (χ2n) is 5.79. The van der Waals surface area contributed by atoms with Crippen molar-refractivity contribution in [1.29, 1.82) is 0 Å². The number of hydrogen-bond acceptors (Lipinski definition) is 5. The van der Waals surface area contributed by atoms with Crippen LogP contribution in [0.25, 0.3) is 0 Å². The first-order valence-electron chi connectivity index (χ1n) is 6.57. The molecule has 1 aromatic carbocycles. The van der Waals surface area contributed by atoms with Crippen LogP contribution >= 0.6 is 0 Å². The molecule has 0 amide bonds. The number of hydrogen-bond donors (Lipinski definition) is 2. The van der Waals surface area contributed by atoms with Crippen LogP contribution in [-0.4, -0.2) is 46.1 Å². The van der Waals surface area contributed by atoms with Crippen LogP contribution in [-0.2, 0) is 14.6 Å². The van der Waals surface area contributed by atoms with Crippen molar-refractivity contribution in [2.45, 2.75) is 17.9 Å². The summed E-state index contributed by atoms with van der Waals surface area (Å²) in [5.41, 5.74) is 0.875. The number of benzene rings is 1. The summed E-state index contributed by atoms with van der Waals surface area (Å²) >= 11 is 0. The van der Waals surface area contributed by atoms with Gasteiger partial charge < -0.3 is 15.2 Å². The van der Waals surface area contributed by atoms with Crippen molar-refractivity contribution in [3.63, 3.8) is 0 Å². The van der Waals surface area contributed by atoms with Crippen molar-refractivity contribution in [2.75, 3.05) is 32.6 Å². The van der Waals surface area contributed by atoms with E-state index in [-0.39, 0.29) is 10.3 Å². The highest BCUT2D eigenvalue weighted by Crippen LogP contribution is 2.25. The molecule has 0 aromatic heterocycles. The molecule has 0 aliphatic carbocycles. The van der Waals surface area contributed by atoms with Gasteiger partial charge in [0.05, 0.1) is 24.2 Å². The Morgan fingerprint density at radius 1 is 1.35 bits per heavy atom. The third kappa shape index (κ3) is 3.79. The van der Waals surface area contributed by atoms with Crippen molar-refractivity contribution < 1.29 is 18.3 Å². The molecule has 1 aromatic rings. The van der Waals surface area contributed by atoms with Gasteiger partial charge in [0.15, 0.2) is 9.84 Å². The van der Waals surface area contributed by atoms with E-state index < -0.39 is 15.9 Å². The van der Waals surface area contributed by atoms with Gasteiger partial charge in [-0.15, -0.1) is 0 Å². The topological polar surface area (TPSA) is 75.6 Å². The Balaban J connectivity index is 1.87. The average molecular weight is 299 g/mol. The summed E-state index contributed by atoms with van der Waals surface area (Å²) in [5.74, 6) is 0. The van der Waals surface area contributed by atoms with Crippen molar-refractivity contribution in [1.82, 2.24) is 5.32 Å². The molecule has 1 fully saturated rings. The number of aliphatic hydroxyl groups is 1. The summed E-state index contributed by atoms with van der Waals surface area (Å²) in [5, 5.41) is 13.3. The van der Waals surface area contributed by atoms with Gasteiger partial charge in [-0.25, -0.2) is 8.42 Å². The maximum absolute atomic E-state index is 11.3. The first-order chi connectivity index (χ1) is 9.30. The van der Waals surface area contributed by atoms with Gasteiger partial charge >= 0.3 is 0 Å². The van der Waals surface area contributed by atoms with E-state index in [0.717, 1.165) is 19.8 Å². The molecule has 1 aliphatic rings. The molecular weight excluding hydrogens is 278 g/mol. The fraction of sp³-hybridized carbons (Fsp3) is 0.571. The minimum Gasteiger partial charge on any atom is -0.387 e. The lowest BCUT2D eigenvalue weighted by Crippen LogP contribution is -2.47. The molecule has 1 aliphatic heterocycles. The highest BCUT2D eigenvalue weighted by molar-refractivity contribution is 7.90. The molecule has 0 spiro atoms. The summed E-state index contributed by atoms with van der Waals surface area (Å²) in [6.45, 7) is 4.87. The zero-order chi connectivity index (χ0) is 14.8. The van der Waals surface area contributed by atoms with Crippen LogP contribution in [0.3, 0.4) is 0 Å². The second-order valence-corrected chi connectivity index (χ2v) is 7.81. The lowest BCUT2D eigenvalue weighted by Gasteiger charge is -2.38. The van der Waals surface area contributed by atoms with Crippen molar-refractivity contribution in [3.05, 3.63) is 29.8 Å². The molecule has 2 N–H and O–H groups in total. The normalized spacial score (nSPS) is 19.4. The van der Waals surface area contributed by atoms with Gasteiger partial charge in [0.1, 0.15) is 0 Å². The molecule has 5 nitrogen and oxygen atoms in total. The van der Waals surface area contributed by atoms with Crippen LogP contribution in [0.5, 0.6) is 0 Å². The highest BCUT2D eigenvalue weighted by atomic mass is 32.2. The van der Waals surface area contributed by atoms with Crippen molar-refractivity contribution >= 4 is 9.84 Å². The fourth-order valence-electron chi connectivity index (χ4n) is 2.12. The van der Waals surface area contributed by atoms with Gasteiger partial charge in [-0.3, -0.25) is 0 Å². The van der Waals surface area contributed by atoms with E-state index in [1.807, 2.05) is 0 Å². The standard InChI is InChI=1S/C14H21NO4S/c1-14(9-19-10-14)8-15-7-13(16)11-3-5-12(6-4-11)20(2,17)18/h3-6,13,15-16H,7-10H2,1-2H3. The Labute approximate surface area is 119 Å². The van der Waals surface area contributed by atoms with E-state index in [9.17, 15) is 13.5 Å². The number of rotatable bonds is 6. The van der Waals surface area contributed by atoms with E-state index in [2.05, 4.69) is 12.2 Å². The Morgan fingerprint density at radius 3 is 2.40 bits per heavy atom. The largest absolute Gasteiger partial charge is 0.387 e. The summed E-state index contributed by atoms with van der Waals surface area (Å²) in [6, 6.07) is 6.34. The lowest BCUT2D eigenvalue weighted by atomic mass is 9.89. The molecule has 0 radical (unpaired) electrons. The Morgan fingerprint density at radius 2 is 1.95 bits per heavy atom. The van der Waals surface area contributed by atoms with Gasteiger partial charge in [0, 0.05) is 24.8 Å². The van der Waals surface area contributed by atoms with E-state index in [1.54, 1.807) is 12.1 Å². The average Bonchev–Trinajstić information content (AvgIpc) is 2.36. The molecule has 112 valence electrons. The zero-order valence-electron chi connectivity index (χ0n) is 11.8. The molecule has 20 heavy (non-hydrogen) atoms. The maximum Gasteiger partial charge on any atom is 0.175 e. The summed E-state index contributed by atoms with van der Waals surface area (Å²) in [4.78, 5) is 0.264. The van der Waals surface area contributed by atoms with E-state index in [0.29, 0.717) is 12.1 Å². The molecule has 1 atom stereocenters. The van der Waals surface area contributed by atoms with E-state index in [1.165, 1.54) is 18.4 Å². The first-order valence-corrected chi connectivity index (χ1v) is 8.46. The smallest absolute Gasteiger partial charge is 0.175 e. The fourth-order valence-corrected chi connectivity index (χ4v) is 2.75. The Kier molecular flexibility index (Phi) is 4.49. The van der Waals surface area contributed by atoms with E-state index in [4.69, 9.17) is 4.74 Å². The first kappa shape index (κ1) is 15.4. The second kappa shape index (κ2) is 5.81. The van der Waals surface area contributed by atoms with Crippen LogP contribution in [0.1, 0.15) is 18.6 Å².